The summed E-state index contributed by atoms with van der Waals surface area (Å²) in [6, 6.07) is 5.83. The number of hydrogen-bond acceptors (Lipinski definition) is 4. The van der Waals surface area contributed by atoms with E-state index in [1.807, 2.05) is 0 Å². The van der Waals surface area contributed by atoms with E-state index in [-0.39, 0.29) is 13.2 Å². The SMILES string of the molecule is CCOP(=O)(OCC)C(N(C)C(=O)Nc1cccc(Cl)c1)C(Cl)(Cl)Cl. The molecule has 1 aromatic carbocycles. The van der Waals surface area contributed by atoms with Gasteiger partial charge in [0.1, 0.15) is 0 Å². The third kappa shape index (κ3) is 6.47. The maximum absolute atomic E-state index is 13.1. The van der Waals surface area contributed by atoms with E-state index in [1.165, 1.54) is 7.05 Å². The van der Waals surface area contributed by atoms with Crippen molar-refractivity contribution in [3.63, 3.8) is 0 Å². The van der Waals surface area contributed by atoms with Crippen LogP contribution < -0.4 is 5.32 Å². The summed E-state index contributed by atoms with van der Waals surface area (Å²) in [4.78, 5) is 13.5. The molecule has 0 saturated heterocycles. The van der Waals surface area contributed by atoms with E-state index in [0.717, 1.165) is 4.90 Å². The van der Waals surface area contributed by atoms with Crippen LogP contribution in [0.15, 0.2) is 24.3 Å². The quantitative estimate of drug-likeness (QED) is 0.422. The normalized spacial score (nSPS) is 13.4. The Morgan fingerprint density at radius 2 is 1.84 bits per heavy atom. The molecule has 11 heteroatoms. The van der Waals surface area contributed by atoms with E-state index < -0.39 is 23.2 Å². The molecule has 0 fully saturated rings. The third-order valence-electron chi connectivity index (χ3n) is 2.97. The zero-order chi connectivity index (χ0) is 19.3. The fraction of sp³-hybridized carbons (Fsp3) is 0.500. The summed E-state index contributed by atoms with van der Waals surface area (Å²) in [6.45, 7) is 3.34. The first kappa shape index (κ1) is 22.8. The molecule has 0 aliphatic carbocycles. The summed E-state index contributed by atoms with van der Waals surface area (Å²) in [5.41, 5.74) is 0.426. The number of nitrogens with zero attached hydrogens (tertiary/aromatic N) is 1. The van der Waals surface area contributed by atoms with Crippen molar-refractivity contribution in [2.24, 2.45) is 0 Å². The average Bonchev–Trinajstić information content (AvgIpc) is 2.46. The molecule has 1 atom stereocenters. The molecule has 0 saturated carbocycles. The van der Waals surface area contributed by atoms with Crippen molar-refractivity contribution in [1.82, 2.24) is 4.90 Å². The number of carbonyl (C=O) groups is 1. The Labute approximate surface area is 167 Å². The van der Waals surface area contributed by atoms with Crippen molar-refractivity contribution in [1.29, 1.82) is 0 Å². The largest absolute Gasteiger partial charge is 0.357 e. The van der Waals surface area contributed by atoms with Gasteiger partial charge in [0.25, 0.3) is 0 Å². The Morgan fingerprint density at radius 3 is 2.28 bits per heavy atom. The first-order valence-electron chi connectivity index (χ1n) is 7.30. The molecule has 2 amide bonds. The Balaban J connectivity index is 3.13. The van der Waals surface area contributed by atoms with Crippen LogP contribution in [0.3, 0.4) is 0 Å². The number of hydrogen-bond donors (Lipinski definition) is 1. The van der Waals surface area contributed by atoms with Crippen LogP contribution >= 0.6 is 54.0 Å². The number of amides is 2. The van der Waals surface area contributed by atoms with Crippen molar-refractivity contribution in [2.45, 2.75) is 23.4 Å². The van der Waals surface area contributed by atoms with E-state index in [4.69, 9.17) is 55.5 Å². The van der Waals surface area contributed by atoms with Crippen molar-refractivity contribution in [2.75, 3.05) is 25.6 Å². The standard InChI is InChI=1S/C14H19Cl4N2O4P/c1-4-23-25(22,24-5-2)12(14(16,17)18)20(3)13(21)19-11-8-6-7-10(15)9-11/h6-9,12H,4-5H2,1-3H3,(H,19,21). The average molecular weight is 452 g/mol. The summed E-state index contributed by atoms with van der Waals surface area (Å²) in [5, 5.41) is 3.02. The number of anilines is 1. The van der Waals surface area contributed by atoms with Crippen molar-refractivity contribution in [3.8, 4) is 0 Å². The summed E-state index contributed by atoms with van der Waals surface area (Å²) in [5.74, 6) is -1.45. The minimum atomic E-state index is -3.93. The van der Waals surface area contributed by atoms with Gasteiger partial charge in [-0.15, -0.1) is 0 Å². The summed E-state index contributed by atoms with van der Waals surface area (Å²) >= 11 is 23.8. The molecule has 1 N–H and O–H groups in total. The van der Waals surface area contributed by atoms with Crippen LogP contribution in [-0.2, 0) is 13.6 Å². The number of rotatable bonds is 7. The number of benzene rings is 1. The van der Waals surface area contributed by atoms with Gasteiger partial charge in [0.15, 0.2) is 5.78 Å². The molecular weight excluding hydrogens is 433 g/mol. The van der Waals surface area contributed by atoms with Crippen molar-refractivity contribution < 1.29 is 18.4 Å². The van der Waals surface area contributed by atoms with Gasteiger partial charge in [0.05, 0.1) is 13.2 Å². The number of carbonyl (C=O) groups excluding carboxylic acids is 1. The molecule has 0 heterocycles. The number of nitrogens with one attached hydrogen (secondary N) is 1. The van der Waals surface area contributed by atoms with Crippen LogP contribution in [-0.4, -0.2) is 40.8 Å². The van der Waals surface area contributed by atoms with Crippen LogP contribution in [0, 0.1) is 0 Å². The maximum atomic E-state index is 13.1. The van der Waals surface area contributed by atoms with Gasteiger partial charge in [0, 0.05) is 17.8 Å². The monoisotopic (exact) mass is 450 g/mol. The minimum Gasteiger partial charge on any atom is -0.309 e. The van der Waals surface area contributed by atoms with E-state index in [2.05, 4.69) is 5.32 Å². The third-order valence-corrected chi connectivity index (χ3v) is 6.85. The van der Waals surface area contributed by atoms with Crippen LogP contribution in [0.1, 0.15) is 13.8 Å². The van der Waals surface area contributed by atoms with E-state index in [9.17, 15) is 9.36 Å². The zero-order valence-electron chi connectivity index (χ0n) is 13.8. The predicted octanol–water partition coefficient (Wildman–Crippen LogP) is 5.77. The Morgan fingerprint density at radius 1 is 1.28 bits per heavy atom. The van der Waals surface area contributed by atoms with Gasteiger partial charge in [-0.3, -0.25) is 4.57 Å². The lowest BCUT2D eigenvalue weighted by Gasteiger charge is -2.36. The Bertz CT molecular complexity index is 632. The van der Waals surface area contributed by atoms with Gasteiger partial charge >= 0.3 is 13.6 Å². The van der Waals surface area contributed by atoms with Crippen molar-refractivity contribution in [3.05, 3.63) is 29.3 Å². The van der Waals surface area contributed by atoms with Crippen LogP contribution in [0.25, 0.3) is 0 Å². The molecule has 1 rings (SSSR count). The molecule has 142 valence electrons. The topological polar surface area (TPSA) is 67.9 Å². The van der Waals surface area contributed by atoms with E-state index >= 15 is 0 Å². The second kappa shape index (κ2) is 9.65. The molecule has 0 bridgehead atoms. The molecule has 0 aliphatic rings. The van der Waals surface area contributed by atoms with Gasteiger partial charge in [-0.1, -0.05) is 52.5 Å². The number of urea groups is 1. The summed E-state index contributed by atoms with van der Waals surface area (Å²) in [6.07, 6.45) is 0. The lowest BCUT2D eigenvalue weighted by Crippen LogP contribution is -2.47. The highest BCUT2D eigenvalue weighted by Crippen LogP contribution is 2.60. The molecule has 0 radical (unpaired) electrons. The first-order valence-corrected chi connectivity index (χ1v) is 10.4. The predicted molar refractivity (Wildman–Crippen MR) is 103 cm³/mol. The second-order valence-corrected chi connectivity index (χ2v) is 9.73. The lowest BCUT2D eigenvalue weighted by atomic mass is 10.3. The van der Waals surface area contributed by atoms with Gasteiger partial charge in [-0.2, -0.15) is 0 Å². The molecule has 1 aromatic rings. The first-order chi connectivity index (χ1) is 11.5. The molecular formula is C14H19Cl4N2O4P. The highest BCUT2D eigenvalue weighted by molar-refractivity contribution is 7.55. The highest BCUT2D eigenvalue weighted by atomic mass is 35.6. The zero-order valence-corrected chi connectivity index (χ0v) is 17.8. The fourth-order valence-electron chi connectivity index (χ4n) is 2.04. The lowest BCUT2D eigenvalue weighted by molar-refractivity contribution is 0.177. The fourth-order valence-corrected chi connectivity index (χ4v) is 5.71. The molecule has 0 spiro atoms. The Kier molecular flexibility index (Phi) is 8.82. The van der Waals surface area contributed by atoms with Crippen LogP contribution in [0.2, 0.25) is 5.02 Å². The molecule has 0 aliphatic heterocycles. The number of alkyl halides is 3. The van der Waals surface area contributed by atoms with Crippen molar-refractivity contribution >= 4 is 65.7 Å². The molecule has 0 aromatic heterocycles. The smallest absolute Gasteiger partial charge is 0.309 e. The highest BCUT2D eigenvalue weighted by Gasteiger charge is 2.52. The van der Waals surface area contributed by atoms with Crippen LogP contribution in [0.4, 0.5) is 10.5 Å². The minimum absolute atomic E-state index is 0.0538. The summed E-state index contributed by atoms with van der Waals surface area (Å²) < 4.78 is 21.4. The van der Waals surface area contributed by atoms with Gasteiger partial charge in [0.2, 0.25) is 3.79 Å². The van der Waals surface area contributed by atoms with E-state index in [0.29, 0.717) is 10.7 Å². The van der Waals surface area contributed by atoms with Gasteiger partial charge in [-0.05, 0) is 32.0 Å². The van der Waals surface area contributed by atoms with Gasteiger partial charge < -0.3 is 19.3 Å². The maximum Gasteiger partial charge on any atom is 0.357 e. The van der Waals surface area contributed by atoms with E-state index in [1.54, 1.807) is 38.1 Å². The molecule has 25 heavy (non-hydrogen) atoms. The molecule has 1 unspecified atom stereocenters. The number of halogens is 4. The van der Waals surface area contributed by atoms with Crippen LogP contribution in [0.5, 0.6) is 0 Å². The second-order valence-electron chi connectivity index (χ2n) is 4.84. The Hall–Kier alpha value is -0.200. The molecule has 6 nitrogen and oxygen atoms in total. The van der Waals surface area contributed by atoms with Gasteiger partial charge in [-0.25, -0.2) is 4.79 Å². The summed E-state index contributed by atoms with van der Waals surface area (Å²) in [7, 11) is -2.60.